The van der Waals surface area contributed by atoms with Gasteiger partial charge in [-0.1, -0.05) is 0 Å². The van der Waals surface area contributed by atoms with Crippen molar-refractivity contribution in [1.82, 2.24) is 9.88 Å². The Balaban J connectivity index is 3.10. The Hall–Kier alpha value is -1.43. The Morgan fingerprint density at radius 1 is 1.57 bits per heavy atom. The molecule has 0 aliphatic carbocycles. The molecule has 5 nitrogen and oxygen atoms in total. The highest BCUT2D eigenvalue weighted by Gasteiger charge is 2.02. The number of nitrogens with zero attached hydrogens (tertiary/aromatic N) is 3. The minimum Gasteiger partial charge on any atom is -0.340 e. The first kappa shape index (κ1) is 10.6. The molecule has 1 heterocycles. The fourth-order valence-corrected chi connectivity index (χ4v) is 1.41. The predicted octanol–water partition coefficient (Wildman–Crippen LogP) is 1.03. The molecule has 0 aliphatic heterocycles. The Morgan fingerprint density at radius 2 is 2.29 bits per heavy atom. The van der Waals surface area contributed by atoms with Gasteiger partial charge in [-0.2, -0.15) is 5.10 Å². The van der Waals surface area contributed by atoms with Crippen molar-refractivity contribution in [2.45, 2.75) is 13.8 Å². The molecule has 6 heteroatoms. The van der Waals surface area contributed by atoms with Crippen LogP contribution in [0.1, 0.15) is 13.8 Å². The summed E-state index contributed by atoms with van der Waals surface area (Å²) in [6, 6.07) is -0.214. The zero-order chi connectivity index (χ0) is 10.6. The van der Waals surface area contributed by atoms with Gasteiger partial charge in [-0.25, -0.2) is 9.36 Å². The first-order chi connectivity index (χ1) is 6.65. The third kappa shape index (κ3) is 2.53. The molecule has 0 saturated heterocycles. The van der Waals surface area contributed by atoms with Crippen molar-refractivity contribution in [2.75, 3.05) is 7.05 Å². The molecule has 0 saturated carbocycles. The van der Waals surface area contributed by atoms with Crippen molar-refractivity contribution in [3.63, 3.8) is 0 Å². The molecular formula is C8H12N4OS. The first-order valence-corrected chi connectivity index (χ1v) is 4.96. The second-order valence-electron chi connectivity index (χ2n) is 2.76. The van der Waals surface area contributed by atoms with Gasteiger partial charge in [-0.05, 0) is 13.8 Å². The summed E-state index contributed by atoms with van der Waals surface area (Å²) in [5, 5.41) is 12.1. The van der Waals surface area contributed by atoms with Crippen LogP contribution in [0.4, 0.5) is 4.79 Å². The summed E-state index contributed by atoms with van der Waals surface area (Å²) < 4.78 is 1.41. The lowest BCUT2D eigenvalue weighted by Gasteiger charge is -1.97. The molecule has 1 N–H and O–H groups in total. The molecular weight excluding hydrogens is 200 g/mol. The van der Waals surface area contributed by atoms with Crippen LogP contribution in [0.25, 0.3) is 0 Å². The van der Waals surface area contributed by atoms with E-state index in [1.165, 1.54) is 15.9 Å². The Labute approximate surface area is 85.8 Å². The monoisotopic (exact) mass is 212 g/mol. The summed E-state index contributed by atoms with van der Waals surface area (Å²) in [6.07, 6.45) is 1.66. The van der Waals surface area contributed by atoms with Gasteiger partial charge >= 0.3 is 6.03 Å². The highest BCUT2D eigenvalue weighted by Crippen LogP contribution is 1.90. The zero-order valence-electron chi connectivity index (χ0n) is 8.31. The Bertz CT molecular complexity index is 411. The molecule has 1 aromatic rings. The SMILES string of the molecule is CNC(=O)n1ccs/c1=N\N=C(C)C. The number of hydrogen-bond donors (Lipinski definition) is 1. The molecule has 76 valence electrons. The lowest BCUT2D eigenvalue weighted by molar-refractivity contribution is 0.244. The van der Waals surface area contributed by atoms with Crippen molar-refractivity contribution in [2.24, 2.45) is 10.2 Å². The van der Waals surface area contributed by atoms with Crippen molar-refractivity contribution in [3.8, 4) is 0 Å². The summed E-state index contributed by atoms with van der Waals surface area (Å²) in [5.41, 5.74) is 0.849. The van der Waals surface area contributed by atoms with Crippen LogP contribution < -0.4 is 10.1 Å². The molecule has 0 atom stereocenters. The third-order valence-electron chi connectivity index (χ3n) is 1.36. The van der Waals surface area contributed by atoms with E-state index < -0.39 is 0 Å². The van der Waals surface area contributed by atoms with Gasteiger partial charge in [0, 0.05) is 24.3 Å². The van der Waals surface area contributed by atoms with Crippen molar-refractivity contribution < 1.29 is 4.79 Å². The van der Waals surface area contributed by atoms with Gasteiger partial charge in [-0.3, -0.25) is 0 Å². The topological polar surface area (TPSA) is 58.8 Å². The van der Waals surface area contributed by atoms with E-state index in [4.69, 9.17) is 0 Å². The summed E-state index contributed by atoms with van der Waals surface area (Å²) >= 11 is 1.36. The Morgan fingerprint density at radius 3 is 2.86 bits per heavy atom. The minimum absolute atomic E-state index is 0.214. The van der Waals surface area contributed by atoms with Gasteiger partial charge in [0.25, 0.3) is 0 Å². The number of aromatic nitrogens is 1. The van der Waals surface area contributed by atoms with E-state index in [-0.39, 0.29) is 6.03 Å². The average Bonchev–Trinajstić information content (AvgIpc) is 2.61. The fourth-order valence-electron chi connectivity index (χ4n) is 0.762. The number of hydrogen-bond acceptors (Lipinski definition) is 4. The van der Waals surface area contributed by atoms with Crippen LogP contribution in [0.5, 0.6) is 0 Å². The van der Waals surface area contributed by atoms with Crippen LogP contribution in [-0.4, -0.2) is 23.4 Å². The quantitative estimate of drug-likeness (QED) is 0.548. The molecule has 0 fully saturated rings. The van der Waals surface area contributed by atoms with Crippen molar-refractivity contribution >= 4 is 23.1 Å². The molecule has 0 radical (unpaired) electrons. The van der Waals surface area contributed by atoms with Gasteiger partial charge in [0.2, 0.25) is 4.80 Å². The van der Waals surface area contributed by atoms with E-state index in [1.807, 2.05) is 13.8 Å². The highest BCUT2D eigenvalue weighted by atomic mass is 32.1. The second kappa shape index (κ2) is 4.71. The highest BCUT2D eigenvalue weighted by molar-refractivity contribution is 7.07. The molecule has 0 spiro atoms. The largest absolute Gasteiger partial charge is 0.340 e. The maximum absolute atomic E-state index is 11.3. The van der Waals surface area contributed by atoms with Crippen LogP contribution in [0.15, 0.2) is 21.8 Å². The molecule has 1 amide bonds. The van der Waals surface area contributed by atoms with Crippen LogP contribution in [0, 0.1) is 0 Å². The summed E-state index contributed by atoms with van der Waals surface area (Å²) in [5.74, 6) is 0. The van der Waals surface area contributed by atoms with E-state index in [1.54, 1.807) is 18.6 Å². The van der Waals surface area contributed by atoms with Crippen LogP contribution in [0.3, 0.4) is 0 Å². The number of amides is 1. The lowest BCUT2D eigenvalue weighted by Crippen LogP contribution is -2.30. The van der Waals surface area contributed by atoms with Gasteiger partial charge in [0.1, 0.15) is 0 Å². The normalized spacial score (nSPS) is 11.2. The predicted molar refractivity (Wildman–Crippen MR) is 56.5 cm³/mol. The second-order valence-corrected chi connectivity index (χ2v) is 3.63. The molecule has 1 aromatic heterocycles. The molecule has 0 bridgehead atoms. The number of thiazole rings is 1. The standard InChI is InChI=1S/C8H12N4OS/c1-6(2)10-11-8-12(4-5-14-8)7(13)9-3/h4-5H,1-3H3,(H,9,13)/b11-8-. The number of carbonyl (C=O) groups excluding carboxylic acids is 1. The van der Waals surface area contributed by atoms with Gasteiger partial charge in [0.05, 0.1) is 0 Å². The Kier molecular flexibility index (Phi) is 3.58. The van der Waals surface area contributed by atoms with E-state index >= 15 is 0 Å². The van der Waals surface area contributed by atoms with Crippen LogP contribution in [-0.2, 0) is 0 Å². The maximum atomic E-state index is 11.3. The lowest BCUT2D eigenvalue weighted by atomic mass is 10.5. The van der Waals surface area contributed by atoms with E-state index in [0.29, 0.717) is 4.80 Å². The third-order valence-corrected chi connectivity index (χ3v) is 2.10. The minimum atomic E-state index is -0.214. The van der Waals surface area contributed by atoms with E-state index in [2.05, 4.69) is 15.5 Å². The number of carbonyl (C=O) groups is 1. The zero-order valence-corrected chi connectivity index (χ0v) is 9.13. The number of rotatable bonds is 1. The summed E-state index contributed by atoms with van der Waals surface area (Å²) in [4.78, 5) is 11.9. The van der Waals surface area contributed by atoms with E-state index in [9.17, 15) is 4.79 Å². The smallest absolute Gasteiger partial charge is 0.327 e. The number of nitrogens with one attached hydrogen (secondary N) is 1. The summed E-state index contributed by atoms with van der Waals surface area (Å²) in [7, 11) is 1.57. The molecule has 0 aromatic carbocycles. The van der Waals surface area contributed by atoms with Crippen molar-refractivity contribution in [3.05, 3.63) is 16.4 Å². The fraction of sp³-hybridized carbons (Fsp3) is 0.375. The molecule has 1 rings (SSSR count). The molecule has 0 unspecified atom stereocenters. The average molecular weight is 212 g/mol. The summed E-state index contributed by atoms with van der Waals surface area (Å²) in [6.45, 7) is 3.70. The van der Waals surface area contributed by atoms with Gasteiger partial charge < -0.3 is 5.32 Å². The van der Waals surface area contributed by atoms with Gasteiger partial charge in [-0.15, -0.1) is 16.4 Å². The van der Waals surface area contributed by atoms with Crippen LogP contribution >= 0.6 is 11.3 Å². The van der Waals surface area contributed by atoms with Crippen LogP contribution in [0.2, 0.25) is 0 Å². The van der Waals surface area contributed by atoms with E-state index in [0.717, 1.165) is 5.71 Å². The molecule has 0 aliphatic rings. The first-order valence-electron chi connectivity index (χ1n) is 4.08. The van der Waals surface area contributed by atoms with Crippen molar-refractivity contribution in [1.29, 1.82) is 0 Å². The molecule has 14 heavy (non-hydrogen) atoms. The maximum Gasteiger partial charge on any atom is 0.327 e. The van der Waals surface area contributed by atoms with Gasteiger partial charge in [0.15, 0.2) is 0 Å².